The zero-order chi connectivity index (χ0) is 14.0. The van der Waals surface area contributed by atoms with Crippen LogP contribution in [-0.2, 0) is 0 Å². The zero-order valence-electron chi connectivity index (χ0n) is 10.4. The monoisotopic (exact) mass is 436 g/mol. The molecule has 1 atom stereocenters. The molecule has 1 fully saturated rings. The molecule has 0 saturated carbocycles. The molecule has 0 aliphatic carbocycles. The van der Waals surface area contributed by atoms with Crippen LogP contribution in [0.4, 0.5) is 13.2 Å². The molecule has 0 spiro atoms. The van der Waals surface area contributed by atoms with Crippen LogP contribution in [0.15, 0.2) is 27.1 Å². The molecule has 114 valence electrons. The van der Waals surface area contributed by atoms with E-state index in [-0.39, 0.29) is 18.0 Å². The van der Waals surface area contributed by atoms with Gasteiger partial charge in [0, 0.05) is 35.1 Å². The van der Waals surface area contributed by atoms with Crippen LogP contribution in [-0.4, -0.2) is 37.3 Å². The van der Waals surface area contributed by atoms with Crippen molar-refractivity contribution in [3.05, 3.63) is 32.7 Å². The molecule has 2 rings (SSSR count). The van der Waals surface area contributed by atoms with Gasteiger partial charge in [0.1, 0.15) is 6.04 Å². The summed E-state index contributed by atoms with van der Waals surface area (Å²) < 4.78 is 41.4. The minimum atomic E-state index is -4.27. The molecule has 20 heavy (non-hydrogen) atoms. The second-order valence-corrected chi connectivity index (χ2v) is 6.11. The highest BCUT2D eigenvalue weighted by atomic mass is 79.9. The maximum absolute atomic E-state index is 13.3. The Kier molecular flexibility index (Phi) is 6.79. The van der Waals surface area contributed by atoms with Crippen molar-refractivity contribution in [1.82, 2.24) is 10.2 Å². The summed E-state index contributed by atoms with van der Waals surface area (Å²) >= 11 is 6.53. The molecule has 0 radical (unpaired) electrons. The number of hydrogen-bond donors (Lipinski definition) is 1. The van der Waals surface area contributed by atoms with Crippen LogP contribution in [0.25, 0.3) is 0 Å². The summed E-state index contributed by atoms with van der Waals surface area (Å²) in [6.45, 7) is 1.98. The van der Waals surface area contributed by atoms with Crippen LogP contribution in [0.2, 0.25) is 0 Å². The van der Waals surface area contributed by atoms with Crippen molar-refractivity contribution in [3.8, 4) is 0 Å². The highest BCUT2D eigenvalue weighted by molar-refractivity contribution is 9.13. The largest absolute Gasteiger partial charge is 0.408 e. The van der Waals surface area contributed by atoms with Gasteiger partial charge in [0.05, 0.1) is 0 Å². The summed E-state index contributed by atoms with van der Waals surface area (Å²) in [7, 11) is 0. The summed E-state index contributed by atoms with van der Waals surface area (Å²) in [4.78, 5) is 1.48. The van der Waals surface area contributed by atoms with Crippen molar-refractivity contribution < 1.29 is 13.2 Å². The van der Waals surface area contributed by atoms with E-state index in [4.69, 9.17) is 0 Å². The van der Waals surface area contributed by atoms with Crippen LogP contribution >= 0.6 is 44.3 Å². The van der Waals surface area contributed by atoms with Gasteiger partial charge < -0.3 is 5.32 Å². The predicted octanol–water partition coefficient (Wildman–Crippen LogP) is 4.14. The zero-order valence-corrected chi connectivity index (χ0v) is 14.4. The van der Waals surface area contributed by atoms with Crippen molar-refractivity contribution >= 4 is 44.3 Å². The highest BCUT2D eigenvalue weighted by Gasteiger charge is 2.44. The third-order valence-electron chi connectivity index (χ3n) is 3.09. The summed E-state index contributed by atoms with van der Waals surface area (Å²) in [5, 5.41) is 3.07. The molecule has 1 aliphatic heterocycles. The van der Waals surface area contributed by atoms with Gasteiger partial charge in [0.2, 0.25) is 0 Å². The lowest BCUT2D eigenvalue weighted by Gasteiger charge is -2.36. The Balaban J connectivity index is 0.00000200. The number of benzene rings is 1. The lowest BCUT2D eigenvalue weighted by Crippen LogP contribution is -2.49. The van der Waals surface area contributed by atoms with E-state index in [0.717, 1.165) is 4.47 Å². The SMILES string of the molecule is Cl.FC(F)(F)[C@@H](c1ccc(Br)c(Br)c1)N1CCNCC1. The van der Waals surface area contributed by atoms with Gasteiger partial charge in [-0.2, -0.15) is 13.2 Å². The molecule has 0 unspecified atom stereocenters. The van der Waals surface area contributed by atoms with Crippen molar-refractivity contribution in [2.45, 2.75) is 12.2 Å². The average molecular weight is 439 g/mol. The van der Waals surface area contributed by atoms with Gasteiger partial charge >= 0.3 is 6.18 Å². The minimum absolute atomic E-state index is 0. The van der Waals surface area contributed by atoms with E-state index in [0.29, 0.717) is 30.7 Å². The second kappa shape index (κ2) is 7.45. The van der Waals surface area contributed by atoms with Gasteiger partial charge in [-0.1, -0.05) is 6.07 Å². The molecule has 1 saturated heterocycles. The Morgan fingerprint density at radius 2 is 1.70 bits per heavy atom. The molecule has 1 N–H and O–H groups in total. The summed E-state index contributed by atoms with van der Waals surface area (Å²) in [6.07, 6.45) is -4.27. The smallest absolute Gasteiger partial charge is 0.314 e. The Hall–Kier alpha value is 0.180. The number of rotatable bonds is 2. The van der Waals surface area contributed by atoms with Gasteiger partial charge in [0.25, 0.3) is 0 Å². The van der Waals surface area contributed by atoms with E-state index in [9.17, 15) is 13.2 Å². The van der Waals surface area contributed by atoms with Crippen molar-refractivity contribution in [1.29, 1.82) is 0 Å². The third-order valence-corrected chi connectivity index (χ3v) is 4.97. The van der Waals surface area contributed by atoms with E-state index in [1.165, 1.54) is 17.0 Å². The second-order valence-electron chi connectivity index (χ2n) is 4.40. The Bertz CT molecular complexity index is 451. The number of nitrogens with one attached hydrogen (secondary N) is 1. The molecule has 1 heterocycles. The highest BCUT2D eigenvalue weighted by Crippen LogP contribution is 2.39. The fraction of sp³-hybridized carbons (Fsp3) is 0.500. The van der Waals surface area contributed by atoms with E-state index in [2.05, 4.69) is 37.2 Å². The van der Waals surface area contributed by atoms with Gasteiger partial charge in [0.15, 0.2) is 0 Å². The first-order valence-electron chi connectivity index (χ1n) is 5.86. The maximum Gasteiger partial charge on any atom is 0.408 e. The molecular formula is C12H14Br2ClF3N2. The standard InChI is InChI=1S/C12H13Br2F3N2.ClH/c13-9-2-1-8(7-10(9)14)11(12(15,16)17)19-5-3-18-4-6-19;/h1-2,7,11,18H,3-6H2;1H/t11-;/m1./s1. The first-order chi connectivity index (χ1) is 8.89. The van der Waals surface area contributed by atoms with Gasteiger partial charge in [-0.05, 0) is 49.6 Å². The molecule has 0 bridgehead atoms. The normalized spacial score (nSPS) is 18.4. The summed E-state index contributed by atoms with van der Waals surface area (Å²) in [5.41, 5.74) is 0.268. The lowest BCUT2D eigenvalue weighted by atomic mass is 10.0. The minimum Gasteiger partial charge on any atom is -0.314 e. The van der Waals surface area contributed by atoms with E-state index >= 15 is 0 Å². The topological polar surface area (TPSA) is 15.3 Å². The number of piperazine rings is 1. The van der Waals surface area contributed by atoms with Gasteiger partial charge in [-0.3, -0.25) is 4.90 Å². The molecule has 1 aromatic carbocycles. The van der Waals surface area contributed by atoms with Crippen LogP contribution < -0.4 is 5.32 Å². The Morgan fingerprint density at radius 3 is 2.20 bits per heavy atom. The number of halogens is 6. The van der Waals surface area contributed by atoms with Gasteiger partial charge in [-0.15, -0.1) is 12.4 Å². The Morgan fingerprint density at radius 1 is 1.10 bits per heavy atom. The van der Waals surface area contributed by atoms with Crippen LogP contribution in [0.1, 0.15) is 11.6 Å². The predicted molar refractivity (Wildman–Crippen MR) is 82.3 cm³/mol. The first kappa shape index (κ1) is 18.2. The van der Waals surface area contributed by atoms with Crippen molar-refractivity contribution in [2.75, 3.05) is 26.2 Å². The van der Waals surface area contributed by atoms with Crippen LogP contribution in [0.3, 0.4) is 0 Å². The van der Waals surface area contributed by atoms with Crippen molar-refractivity contribution in [2.24, 2.45) is 0 Å². The summed E-state index contributed by atoms with van der Waals surface area (Å²) in [5.74, 6) is 0. The molecular weight excluding hydrogens is 424 g/mol. The lowest BCUT2D eigenvalue weighted by molar-refractivity contribution is -0.187. The van der Waals surface area contributed by atoms with E-state index in [1.807, 2.05) is 0 Å². The first-order valence-corrected chi connectivity index (χ1v) is 7.44. The third kappa shape index (κ3) is 4.34. The molecule has 0 aromatic heterocycles. The molecule has 1 aliphatic rings. The molecule has 2 nitrogen and oxygen atoms in total. The van der Waals surface area contributed by atoms with Crippen LogP contribution in [0, 0.1) is 0 Å². The fourth-order valence-electron chi connectivity index (χ4n) is 2.23. The molecule has 0 amide bonds. The van der Waals surface area contributed by atoms with Crippen LogP contribution in [0.5, 0.6) is 0 Å². The summed E-state index contributed by atoms with van der Waals surface area (Å²) in [6, 6.07) is 3.15. The Labute approximate surface area is 138 Å². The number of hydrogen-bond acceptors (Lipinski definition) is 2. The maximum atomic E-state index is 13.3. The van der Waals surface area contributed by atoms with Gasteiger partial charge in [-0.25, -0.2) is 0 Å². The fourth-order valence-corrected chi connectivity index (χ4v) is 2.87. The average Bonchev–Trinajstić information content (AvgIpc) is 2.34. The number of alkyl halides is 3. The quantitative estimate of drug-likeness (QED) is 0.747. The molecule has 1 aromatic rings. The van der Waals surface area contributed by atoms with Crippen molar-refractivity contribution in [3.63, 3.8) is 0 Å². The van der Waals surface area contributed by atoms with E-state index in [1.54, 1.807) is 6.07 Å². The number of nitrogens with zero attached hydrogens (tertiary/aromatic N) is 1. The molecule has 8 heteroatoms. The van der Waals surface area contributed by atoms with E-state index < -0.39 is 12.2 Å².